The van der Waals surface area contributed by atoms with Crippen molar-refractivity contribution in [3.8, 4) is 11.3 Å². The fraction of sp³-hybridized carbons (Fsp3) is 0.188. The first-order valence-electron chi connectivity index (χ1n) is 6.38. The van der Waals surface area contributed by atoms with Crippen LogP contribution in [0, 0.1) is 5.82 Å². The van der Waals surface area contributed by atoms with Crippen LogP contribution in [0.4, 0.5) is 4.39 Å². The number of nitrogens with zero attached hydrogens (tertiary/aromatic N) is 2. The molecule has 19 heavy (non-hydrogen) atoms. The summed E-state index contributed by atoms with van der Waals surface area (Å²) < 4.78 is 15.0. The molecule has 0 bridgehead atoms. The van der Waals surface area contributed by atoms with Crippen LogP contribution in [0.2, 0.25) is 0 Å². The Morgan fingerprint density at radius 2 is 1.79 bits per heavy atom. The van der Waals surface area contributed by atoms with Crippen LogP contribution < -0.4 is 0 Å². The van der Waals surface area contributed by atoms with E-state index in [2.05, 4.69) is 35.5 Å². The minimum absolute atomic E-state index is 0.222. The molecule has 96 valence electrons. The summed E-state index contributed by atoms with van der Waals surface area (Å²) in [5, 5.41) is 0. The molecule has 2 aromatic heterocycles. The predicted molar refractivity (Wildman–Crippen MR) is 74.7 cm³/mol. The first-order valence-corrected chi connectivity index (χ1v) is 6.38. The van der Waals surface area contributed by atoms with Crippen molar-refractivity contribution in [2.24, 2.45) is 0 Å². The monoisotopic (exact) mass is 254 g/mol. The molecule has 0 radical (unpaired) electrons. The highest BCUT2D eigenvalue weighted by Gasteiger charge is 2.08. The second-order valence-corrected chi connectivity index (χ2v) is 5.00. The van der Waals surface area contributed by atoms with E-state index in [0.717, 1.165) is 16.9 Å². The van der Waals surface area contributed by atoms with Crippen molar-refractivity contribution >= 4 is 5.65 Å². The van der Waals surface area contributed by atoms with Gasteiger partial charge >= 0.3 is 0 Å². The van der Waals surface area contributed by atoms with Gasteiger partial charge in [-0.05, 0) is 41.8 Å². The number of pyridine rings is 1. The molecule has 0 spiro atoms. The maximum atomic E-state index is 13.0. The molecule has 0 aliphatic carbocycles. The molecule has 0 atom stereocenters. The summed E-state index contributed by atoms with van der Waals surface area (Å²) in [4.78, 5) is 4.39. The van der Waals surface area contributed by atoms with Crippen molar-refractivity contribution in [2.45, 2.75) is 19.8 Å². The fourth-order valence-corrected chi connectivity index (χ4v) is 2.17. The van der Waals surface area contributed by atoms with E-state index < -0.39 is 0 Å². The molecule has 0 aliphatic rings. The van der Waals surface area contributed by atoms with E-state index in [1.807, 2.05) is 12.3 Å². The van der Waals surface area contributed by atoms with Crippen LogP contribution in [0.5, 0.6) is 0 Å². The molecule has 2 heterocycles. The Bertz CT molecular complexity index is 711. The maximum Gasteiger partial charge on any atom is 0.137 e. The molecule has 3 rings (SSSR count). The second-order valence-electron chi connectivity index (χ2n) is 5.00. The molecule has 2 nitrogen and oxygen atoms in total. The third-order valence-electron chi connectivity index (χ3n) is 3.34. The zero-order valence-electron chi connectivity index (χ0n) is 11.0. The highest BCUT2D eigenvalue weighted by molar-refractivity contribution is 5.63. The molecule has 0 amide bonds. The van der Waals surface area contributed by atoms with Crippen molar-refractivity contribution in [3.05, 3.63) is 60.2 Å². The van der Waals surface area contributed by atoms with Gasteiger partial charge in [0.25, 0.3) is 0 Å². The number of benzene rings is 1. The lowest BCUT2D eigenvalue weighted by Crippen LogP contribution is -1.94. The van der Waals surface area contributed by atoms with Gasteiger partial charge in [-0.2, -0.15) is 0 Å². The van der Waals surface area contributed by atoms with Crippen molar-refractivity contribution in [2.75, 3.05) is 0 Å². The molecule has 0 saturated heterocycles. The van der Waals surface area contributed by atoms with Crippen LogP contribution in [0.3, 0.4) is 0 Å². The minimum atomic E-state index is -0.222. The molecule has 0 unspecified atom stereocenters. The quantitative estimate of drug-likeness (QED) is 0.667. The molecule has 0 N–H and O–H groups in total. The first-order chi connectivity index (χ1) is 9.15. The van der Waals surface area contributed by atoms with Crippen LogP contribution in [0.1, 0.15) is 25.3 Å². The number of hydrogen-bond donors (Lipinski definition) is 0. The third kappa shape index (κ3) is 2.12. The zero-order chi connectivity index (χ0) is 13.4. The number of rotatable bonds is 2. The molecule has 0 fully saturated rings. The van der Waals surface area contributed by atoms with Gasteiger partial charge in [0.1, 0.15) is 11.5 Å². The highest BCUT2D eigenvalue weighted by Crippen LogP contribution is 2.23. The Hall–Kier alpha value is -2.16. The summed E-state index contributed by atoms with van der Waals surface area (Å²) in [5.41, 5.74) is 4.12. The van der Waals surface area contributed by atoms with Gasteiger partial charge < -0.3 is 0 Å². The Balaban J connectivity index is 2.18. The van der Waals surface area contributed by atoms with E-state index in [0.29, 0.717) is 5.92 Å². The largest absolute Gasteiger partial charge is 0.299 e. The number of aromatic nitrogens is 2. The average Bonchev–Trinajstić information content (AvgIpc) is 2.82. The Kier molecular flexibility index (Phi) is 2.82. The van der Waals surface area contributed by atoms with Gasteiger partial charge in [0, 0.05) is 11.8 Å². The van der Waals surface area contributed by atoms with E-state index in [4.69, 9.17) is 0 Å². The van der Waals surface area contributed by atoms with Gasteiger partial charge in [-0.3, -0.25) is 4.40 Å². The summed E-state index contributed by atoms with van der Waals surface area (Å²) in [7, 11) is 0. The van der Waals surface area contributed by atoms with Crippen molar-refractivity contribution in [1.29, 1.82) is 0 Å². The number of imidazole rings is 1. The number of hydrogen-bond acceptors (Lipinski definition) is 1. The van der Waals surface area contributed by atoms with Gasteiger partial charge in [0.2, 0.25) is 0 Å². The van der Waals surface area contributed by atoms with Gasteiger partial charge in [0.15, 0.2) is 0 Å². The predicted octanol–water partition coefficient (Wildman–Crippen LogP) is 4.26. The van der Waals surface area contributed by atoms with E-state index in [1.54, 1.807) is 12.1 Å². The summed E-state index contributed by atoms with van der Waals surface area (Å²) >= 11 is 0. The lowest BCUT2D eigenvalue weighted by molar-refractivity contribution is 0.628. The van der Waals surface area contributed by atoms with Crippen molar-refractivity contribution in [1.82, 2.24) is 9.38 Å². The molecular weight excluding hydrogens is 239 g/mol. The zero-order valence-corrected chi connectivity index (χ0v) is 11.0. The minimum Gasteiger partial charge on any atom is -0.299 e. The van der Waals surface area contributed by atoms with Crippen LogP contribution in [-0.2, 0) is 0 Å². The van der Waals surface area contributed by atoms with Crippen molar-refractivity contribution in [3.63, 3.8) is 0 Å². The summed E-state index contributed by atoms with van der Waals surface area (Å²) in [6.07, 6.45) is 3.93. The molecule has 3 aromatic rings. The normalized spacial score (nSPS) is 11.4. The van der Waals surface area contributed by atoms with Gasteiger partial charge in [0.05, 0.1) is 11.9 Å². The average molecular weight is 254 g/mol. The molecular formula is C16H15FN2. The Morgan fingerprint density at radius 1 is 1.05 bits per heavy atom. The van der Waals surface area contributed by atoms with E-state index in [-0.39, 0.29) is 5.82 Å². The Labute approximate surface area is 111 Å². The number of fused-ring (bicyclic) bond motifs is 1. The van der Waals surface area contributed by atoms with Crippen LogP contribution in [-0.4, -0.2) is 9.38 Å². The van der Waals surface area contributed by atoms with Crippen LogP contribution in [0.15, 0.2) is 48.8 Å². The molecule has 0 aliphatic heterocycles. The third-order valence-corrected chi connectivity index (χ3v) is 3.34. The number of halogens is 1. The molecule has 0 saturated carbocycles. The smallest absolute Gasteiger partial charge is 0.137 e. The first kappa shape index (κ1) is 11.9. The van der Waals surface area contributed by atoms with E-state index >= 15 is 0 Å². The van der Waals surface area contributed by atoms with E-state index in [9.17, 15) is 4.39 Å². The fourth-order valence-electron chi connectivity index (χ4n) is 2.17. The topological polar surface area (TPSA) is 17.3 Å². The van der Waals surface area contributed by atoms with Gasteiger partial charge in [-0.15, -0.1) is 0 Å². The molecule has 3 heteroatoms. The highest BCUT2D eigenvalue weighted by atomic mass is 19.1. The van der Waals surface area contributed by atoms with Crippen molar-refractivity contribution < 1.29 is 4.39 Å². The van der Waals surface area contributed by atoms with Crippen LogP contribution in [0.25, 0.3) is 16.9 Å². The second kappa shape index (κ2) is 4.50. The summed E-state index contributed by atoms with van der Waals surface area (Å²) in [6.45, 7) is 4.32. The van der Waals surface area contributed by atoms with Gasteiger partial charge in [-0.25, -0.2) is 9.37 Å². The van der Waals surface area contributed by atoms with Gasteiger partial charge in [-0.1, -0.05) is 19.9 Å². The maximum absolute atomic E-state index is 13.0. The lowest BCUT2D eigenvalue weighted by Gasteiger charge is -2.08. The molecule has 1 aromatic carbocycles. The Morgan fingerprint density at radius 3 is 2.47 bits per heavy atom. The summed E-state index contributed by atoms with van der Waals surface area (Å²) in [5.74, 6) is 0.244. The SMILES string of the molecule is CC(C)c1ccc2ncc(-c3ccc(F)cc3)n2c1. The van der Waals surface area contributed by atoms with Crippen LogP contribution >= 0.6 is 0 Å². The summed E-state index contributed by atoms with van der Waals surface area (Å²) in [6, 6.07) is 10.6. The van der Waals surface area contributed by atoms with E-state index in [1.165, 1.54) is 17.7 Å². The standard InChI is InChI=1S/C16H15FN2/c1-11(2)13-5-8-16-18-9-15(19(16)10-13)12-3-6-14(17)7-4-12/h3-11H,1-2H3. The lowest BCUT2D eigenvalue weighted by atomic mass is 10.1.